The average molecular weight is 299 g/mol. The SMILES string of the molecule is COc1ccccc1Cc1nc2ccc(C(=O)O)cc2s1. The number of nitrogens with zero attached hydrogens (tertiary/aromatic N) is 1. The van der Waals surface area contributed by atoms with E-state index in [1.165, 1.54) is 11.3 Å². The molecular formula is C16H13NO3S. The second-order valence-corrected chi connectivity index (χ2v) is 5.70. The monoisotopic (exact) mass is 299 g/mol. The predicted molar refractivity (Wildman–Crippen MR) is 82.4 cm³/mol. The van der Waals surface area contributed by atoms with Gasteiger partial charge in [0, 0.05) is 12.0 Å². The molecule has 4 nitrogen and oxygen atoms in total. The summed E-state index contributed by atoms with van der Waals surface area (Å²) < 4.78 is 6.23. The molecule has 3 rings (SSSR count). The van der Waals surface area contributed by atoms with Crippen LogP contribution in [-0.4, -0.2) is 23.2 Å². The van der Waals surface area contributed by atoms with Gasteiger partial charge in [-0.05, 0) is 24.3 Å². The summed E-state index contributed by atoms with van der Waals surface area (Å²) >= 11 is 1.51. The largest absolute Gasteiger partial charge is 0.496 e. The molecule has 3 aromatic rings. The second-order valence-electron chi connectivity index (χ2n) is 4.58. The zero-order chi connectivity index (χ0) is 14.8. The van der Waals surface area contributed by atoms with Crippen molar-refractivity contribution in [1.29, 1.82) is 0 Å². The summed E-state index contributed by atoms with van der Waals surface area (Å²) in [5.74, 6) is -0.0837. The number of benzene rings is 2. The van der Waals surface area contributed by atoms with Crippen molar-refractivity contribution in [1.82, 2.24) is 4.98 Å². The van der Waals surface area contributed by atoms with Crippen molar-refractivity contribution in [2.24, 2.45) is 0 Å². The Kier molecular flexibility index (Phi) is 3.58. The molecule has 0 unspecified atom stereocenters. The minimum absolute atomic E-state index is 0.287. The fourth-order valence-corrected chi connectivity index (χ4v) is 3.22. The fourth-order valence-electron chi connectivity index (χ4n) is 2.19. The van der Waals surface area contributed by atoms with Crippen LogP contribution in [0.3, 0.4) is 0 Å². The molecule has 0 atom stereocenters. The summed E-state index contributed by atoms with van der Waals surface area (Å²) in [5, 5.41) is 9.96. The molecule has 0 bridgehead atoms. The number of carboxylic acid groups (broad SMARTS) is 1. The lowest BCUT2D eigenvalue weighted by atomic mass is 10.1. The number of hydrogen-bond donors (Lipinski definition) is 1. The van der Waals surface area contributed by atoms with Gasteiger partial charge in [-0.25, -0.2) is 9.78 Å². The van der Waals surface area contributed by atoms with Crippen molar-refractivity contribution >= 4 is 27.5 Å². The quantitative estimate of drug-likeness (QED) is 0.799. The van der Waals surface area contributed by atoms with E-state index in [0.717, 1.165) is 26.5 Å². The van der Waals surface area contributed by atoms with Gasteiger partial charge >= 0.3 is 5.97 Å². The molecule has 0 aliphatic carbocycles. The van der Waals surface area contributed by atoms with Gasteiger partial charge in [-0.15, -0.1) is 11.3 Å². The maximum absolute atomic E-state index is 11.0. The van der Waals surface area contributed by atoms with Gasteiger partial charge in [-0.1, -0.05) is 18.2 Å². The van der Waals surface area contributed by atoms with E-state index in [1.807, 2.05) is 24.3 Å². The predicted octanol–water partition coefficient (Wildman–Crippen LogP) is 3.59. The smallest absolute Gasteiger partial charge is 0.335 e. The number of aromatic nitrogens is 1. The topological polar surface area (TPSA) is 59.4 Å². The summed E-state index contributed by atoms with van der Waals surface area (Å²) in [6.07, 6.45) is 0.672. The van der Waals surface area contributed by atoms with E-state index in [9.17, 15) is 4.79 Å². The van der Waals surface area contributed by atoms with Crippen LogP contribution < -0.4 is 4.74 Å². The zero-order valence-electron chi connectivity index (χ0n) is 11.4. The second kappa shape index (κ2) is 5.54. The first-order chi connectivity index (χ1) is 10.2. The summed E-state index contributed by atoms with van der Waals surface area (Å²) in [5.41, 5.74) is 2.18. The first kappa shape index (κ1) is 13.6. The van der Waals surface area contributed by atoms with E-state index >= 15 is 0 Å². The first-order valence-corrected chi connectivity index (χ1v) is 7.23. The van der Waals surface area contributed by atoms with Crippen molar-refractivity contribution in [3.63, 3.8) is 0 Å². The molecule has 0 amide bonds. The van der Waals surface area contributed by atoms with Crippen molar-refractivity contribution in [3.8, 4) is 5.75 Å². The molecule has 0 radical (unpaired) electrons. The van der Waals surface area contributed by atoms with Crippen molar-refractivity contribution < 1.29 is 14.6 Å². The van der Waals surface area contributed by atoms with Crippen molar-refractivity contribution in [2.45, 2.75) is 6.42 Å². The van der Waals surface area contributed by atoms with E-state index in [0.29, 0.717) is 6.42 Å². The van der Waals surface area contributed by atoms with Gasteiger partial charge in [0.1, 0.15) is 5.75 Å². The van der Waals surface area contributed by atoms with Gasteiger partial charge in [0.15, 0.2) is 0 Å². The number of carboxylic acids is 1. The molecule has 1 aromatic heterocycles. The fraction of sp³-hybridized carbons (Fsp3) is 0.125. The maximum Gasteiger partial charge on any atom is 0.335 e. The molecule has 0 saturated carbocycles. The molecule has 106 valence electrons. The Balaban J connectivity index is 1.96. The highest BCUT2D eigenvalue weighted by atomic mass is 32.1. The lowest BCUT2D eigenvalue weighted by Crippen LogP contribution is -1.94. The number of rotatable bonds is 4. The number of ether oxygens (including phenoxy) is 1. The van der Waals surface area contributed by atoms with Gasteiger partial charge in [-0.3, -0.25) is 0 Å². The normalized spacial score (nSPS) is 10.7. The molecule has 2 aromatic carbocycles. The zero-order valence-corrected chi connectivity index (χ0v) is 12.2. The standard InChI is InChI=1S/C16H13NO3S/c1-20-13-5-3-2-4-10(13)9-15-17-12-7-6-11(16(18)19)8-14(12)21-15/h2-8H,9H2,1H3,(H,18,19). The van der Waals surface area contributed by atoms with Crippen LogP contribution in [0.2, 0.25) is 0 Å². The van der Waals surface area contributed by atoms with Crippen LogP contribution in [0.4, 0.5) is 0 Å². The number of fused-ring (bicyclic) bond motifs is 1. The summed E-state index contributed by atoms with van der Waals surface area (Å²) in [7, 11) is 1.65. The third-order valence-corrected chi connectivity index (χ3v) is 4.23. The van der Waals surface area contributed by atoms with Crippen molar-refractivity contribution in [2.75, 3.05) is 7.11 Å². The summed E-state index contributed by atoms with van der Waals surface area (Å²) in [6, 6.07) is 12.8. The average Bonchev–Trinajstić information content (AvgIpc) is 2.89. The third kappa shape index (κ3) is 2.73. The Labute approximate surface area is 125 Å². The van der Waals surface area contributed by atoms with Crippen LogP contribution in [0.1, 0.15) is 20.9 Å². The number of carbonyl (C=O) groups is 1. The van der Waals surface area contributed by atoms with Gasteiger partial charge in [0.25, 0.3) is 0 Å². The summed E-state index contributed by atoms with van der Waals surface area (Å²) in [4.78, 5) is 15.5. The highest BCUT2D eigenvalue weighted by molar-refractivity contribution is 7.18. The van der Waals surface area contributed by atoms with Gasteiger partial charge in [0.2, 0.25) is 0 Å². The van der Waals surface area contributed by atoms with Crippen LogP contribution >= 0.6 is 11.3 Å². The molecule has 0 saturated heterocycles. The Bertz CT molecular complexity index is 810. The number of hydrogen-bond acceptors (Lipinski definition) is 4. The number of methoxy groups -OCH3 is 1. The van der Waals surface area contributed by atoms with Crippen molar-refractivity contribution in [3.05, 3.63) is 58.6 Å². The van der Waals surface area contributed by atoms with Gasteiger partial charge in [-0.2, -0.15) is 0 Å². The van der Waals surface area contributed by atoms with Gasteiger partial charge in [0.05, 0.1) is 27.9 Å². The Morgan fingerprint density at radius 1 is 1.29 bits per heavy atom. The number of aromatic carboxylic acids is 1. The Morgan fingerprint density at radius 2 is 2.10 bits per heavy atom. The minimum Gasteiger partial charge on any atom is -0.496 e. The molecular weight excluding hydrogens is 286 g/mol. The lowest BCUT2D eigenvalue weighted by Gasteiger charge is -2.05. The van der Waals surface area contributed by atoms with Crippen LogP contribution in [0.25, 0.3) is 10.2 Å². The van der Waals surface area contributed by atoms with E-state index in [1.54, 1.807) is 25.3 Å². The van der Waals surface area contributed by atoms with E-state index in [-0.39, 0.29) is 5.56 Å². The Hall–Kier alpha value is -2.40. The molecule has 1 N–H and O–H groups in total. The van der Waals surface area contributed by atoms with Crippen LogP contribution in [-0.2, 0) is 6.42 Å². The number of para-hydroxylation sites is 1. The molecule has 0 fully saturated rings. The Morgan fingerprint density at radius 3 is 2.86 bits per heavy atom. The molecule has 5 heteroatoms. The third-order valence-electron chi connectivity index (χ3n) is 3.21. The van der Waals surface area contributed by atoms with E-state index in [2.05, 4.69) is 4.98 Å². The van der Waals surface area contributed by atoms with Gasteiger partial charge < -0.3 is 9.84 Å². The lowest BCUT2D eigenvalue weighted by molar-refractivity contribution is 0.0697. The highest BCUT2D eigenvalue weighted by Crippen LogP contribution is 2.27. The molecule has 0 aliphatic rings. The molecule has 0 aliphatic heterocycles. The maximum atomic E-state index is 11.0. The molecule has 21 heavy (non-hydrogen) atoms. The van der Waals surface area contributed by atoms with Crippen LogP contribution in [0.15, 0.2) is 42.5 Å². The minimum atomic E-state index is -0.920. The highest BCUT2D eigenvalue weighted by Gasteiger charge is 2.10. The molecule has 1 heterocycles. The van der Waals surface area contributed by atoms with Crippen LogP contribution in [0.5, 0.6) is 5.75 Å². The molecule has 0 spiro atoms. The van der Waals surface area contributed by atoms with E-state index < -0.39 is 5.97 Å². The first-order valence-electron chi connectivity index (χ1n) is 6.42. The van der Waals surface area contributed by atoms with Crippen LogP contribution in [0, 0.1) is 0 Å². The summed E-state index contributed by atoms with van der Waals surface area (Å²) in [6.45, 7) is 0. The van der Waals surface area contributed by atoms with E-state index in [4.69, 9.17) is 9.84 Å². The number of thiazole rings is 1.